The fourth-order valence-electron chi connectivity index (χ4n) is 2.14. The maximum Gasteiger partial charge on any atom is 0.287 e. The van der Waals surface area contributed by atoms with E-state index in [2.05, 4.69) is 9.97 Å². The molecule has 0 fully saturated rings. The summed E-state index contributed by atoms with van der Waals surface area (Å²) >= 11 is 0. The van der Waals surface area contributed by atoms with Crippen molar-refractivity contribution in [3.63, 3.8) is 0 Å². The smallest absolute Gasteiger partial charge is 0.258 e. The molecule has 8 heteroatoms. The molecule has 0 spiro atoms. The maximum absolute atomic E-state index is 10.6. The Balaban J connectivity index is 1.84. The summed E-state index contributed by atoms with van der Waals surface area (Å²) < 4.78 is 0. The van der Waals surface area contributed by atoms with Crippen LogP contribution in [0.1, 0.15) is 0 Å². The molecule has 0 amide bonds. The zero-order valence-corrected chi connectivity index (χ0v) is 12.2. The van der Waals surface area contributed by atoms with Gasteiger partial charge < -0.3 is 0 Å². The number of hydrogen-bond acceptors (Lipinski definition) is 6. The van der Waals surface area contributed by atoms with Gasteiger partial charge in [-0.05, 0) is 12.1 Å². The van der Waals surface area contributed by atoms with Gasteiger partial charge in [0, 0.05) is 23.3 Å². The van der Waals surface area contributed by atoms with Gasteiger partial charge in [0.1, 0.15) is 12.4 Å². The van der Waals surface area contributed by atoms with Crippen molar-refractivity contribution < 1.29 is 9.85 Å². The van der Waals surface area contributed by atoms with Crippen LogP contribution in [-0.2, 0) is 0 Å². The van der Waals surface area contributed by atoms with E-state index in [9.17, 15) is 20.2 Å². The van der Waals surface area contributed by atoms with Gasteiger partial charge >= 0.3 is 0 Å². The summed E-state index contributed by atoms with van der Waals surface area (Å²) in [6.45, 7) is 0. The monoisotopic (exact) mass is 322 g/mol. The third-order valence-corrected chi connectivity index (χ3v) is 3.39. The predicted molar refractivity (Wildman–Crippen MR) is 86.2 cm³/mol. The number of nitrogens with zero attached hydrogens (tertiary/aromatic N) is 4. The first kappa shape index (κ1) is 15.2. The Kier molecular flexibility index (Phi) is 3.94. The van der Waals surface area contributed by atoms with E-state index in [4.69, 9.17) is 0 Å². The van der Waals surface area contributed by atoms with Crippen molar-refractivity contribution in [1.82, 2.24) is 9.97 Å². The molecule has 0 saturated carbocycles. The van der Waals surface area contributed by atoms with E-state index in [-0.39, 0.29) is 11.4 Å². The molecule has 2 aromatic heterocycles. The Morgan fingerprint density at radius 2 is 1.00 bits per heavy atom. The van der Waals surface area contributed by atoms with Gasteiger partial charge in [-0.2, -0.15) is 0 Å². The first-order chi connectivity index (χ1) is 11.5. The van der Waals surface area contributed by atoms with Crippen molar-refractivity contribution in [3.05, 3.63) is 81.2 Å². The van der Waals surface area contributed by atoms with E-state index in [1.807, 2.05) is 24.3 Å². The molecule has 24 heavy (non-hydrogen) atoms. The lowest BCUT2D eigenvalue weighted by Gasteiger charge is -2.04. The summed E-state index contributed by atoms with van der Waals surface area (Å²) in [6, 6.07) is 13.2. The molecule has 0 aliphatic heterocycles. The lowest BCUT2D eigenvalue weighted by molar-refractivity contribution is -0.385. The number of benzene rings is 1. The minimum atomic E-state index is -0.500. The van der Waals surface area contributed by atoms with Crippen LogP contribution in [0.25, 0.3) is 22.5 Å². The average Bonchev–Trinajstić information content (AvgIpc) is 2.62. The van der Waals surface area contributed by atoms with Crippen LogP contribution in [0.5, 0.6) is 0 Å². The van der Waals surface area contributed by atoms with Crippen molar-refractivity contribution in [3.8, 4) is 22.5 Å². The fourth-order valence-corrected chi connectivity index (χ4v) is 2.14. The number of nitro groups is 2. The van der Waals surface area contributed by atoms with Crippen molar-refractivity contribution in [2.75, 3.05) is 0 Å². The van der Waals surface area contributed by atoms with Crippen LogP contribution in [0.4, 0.5) is 11.4 Å². The summed E-state index contributed by atoms with van der Waals surface area (Å²) in [6.07, 6.45) is 2.42. The van der Waals surface area contributed by atoms with E-state index in [0.717, 1.165) is 11.1 Å². The molecular weight excluding hydrogens is 312 g/mol. The summed E-state index contributed by atoms with van der Waals surface area (Å²) in [5.74, 6) is 0. The average molecular weight is 322 g/mol. The van der Waals surface area contributed by atoms with E-state index < -0.39 is 9.85 Å². The molecule has 0 unspecified atom stereocenters. The first-order valence-corrected chi connectivity index (χ1v) is 6.86. The van der Waals surface area contributed by atoms with Crippen LogP contribution in [0.2, 0.25) is 0 Å². The van der Waals surface area contributed by atoms with Gasteiger partial charge in [-0.3, -0.25) is 20.2 Å². The highest BCUT2D eigenvalue weighted by Crippen LogP contribution is 2.24. The molecule has 3 rings (SSSR count). The Labute approximate surface area is 135 Å². The minimum absolute atomic E-state index is 0.0644. The molecule has 0 aliphatic rings. The molecular formula is C16H10N4O4. The van der Waals surface area contributed by atoms with Crippen molar-refractivity contribution >= 4 is 11.4 Å². The third kappa shape index (κ3) is 3.07. The van der Waals surface area contributed by atoms with Crippen LogP contribution in [0.3, 0.4) is 0 Å². The van der Waals surface area contributed by atoms with Gasteiger partial charge in [0.05, 0.1) is 21.2 Å². The summed E-state index contributed by atoms with van der Waals surface area (Å²) in [4.78, 5) is 28.4. The second-order valence-corrected chi connectivity index (χ2v) is 4.89. The van der Waals surface area contributed by atoms with Crippen LogP contribution in [0, 0.1) is 20.2 Å². The molecule has 0 N–H and O–H groups in total. The molecule has 118 valence electrons. The predicted octanol–water partition coefficient (Wildman–Crippen LogP) is 3.63. The summed E-state index contributed by atoms with van der Waals surface area (Å²) in [5.41, 5.74) is 2.70. The van der Waals surface area contributed by atoms with E-state index in [0.29, 0.717) is 11.4 Å². The molecule has 0 saturated heterocycles. The molecule has 1 aromatic carbocycles. The van der Waals surface area contributed by atoms with Gasteiger partial charge in [0.2, 0.25) is 0 Å². The normalized spacial score (nSPS) is 10.3. The van der Waals surface area contributed by atoms with Crippen LogP contribution in [-0.4, -0.2) is 19.8 Å². The highest BCUT2D eigenvalue weighted by atomic mass is 16.6. The largest absolute Gasteiger partial charge is 0.287 e. The topological polar surface area (TPSA) is 112 Å². The first-order valence-electron chi connectivity index (χ1n) is 6.86. The number of aromatic nitrogens is 2. The minimum Gasteiger partial charge on any atom is -0.258 e. The van der Waals surface area contributed by atoms with Gasteiger partial charge in [-0.15, -0.1) is 0 Å². The molecule has 0 radical (unpaired) electrons. The van der Waals surface area contributed by atoms with E-state index in [1.165, 1.54) is 24.5 Å². The van der Waals surface area contributed by atoms with Gasteiger partial charge in [-0.25, -0.2) is 9.97 Å². The Bertz CT molecular complexity index is 814. The second-order valence-electron chi connectivity index (χ2n) is 4.89. The zero-order chi connectivity index (χ0) is 17.1. The Hall–Kier alpha value is -3.68. The van der Waals surface area contributed by atoms with Gasteiger partial charge in [0.15, 0.2) is 0 Å². The van der Waals surface area contributed by atoms with Crippen LogP contribution in [0.15, 0.2) is 60.9 Å². The van der Waals surface area contributed by atoms with Crippen molar-refractivity contribution in [2.45, 2.75) is 0 Å². The quantitative estimate of drug-likeness (QED) is 0.535. The van der Waals surface area contributed by atoms with E-state index >= 15 is 0 Å². The molecule has 0 atom stereocenters. The molecule has 0 bridgehead atoms. The second kappa shape index (κ2) is 6.21. The highest BCUT2D eigenvalue weighted by molar-refractivity contribution is 5.67. The Morgan fingerprint density at radius 3 is 1.25 bits per heavy atom. The third-order valence-electron chi connectivity index (χ3n) is 3.39. The highest BCUT2D eigenvalue weighted by Gasteiger charge is 2.09. The number of pyridine rings is 2. The van der Waals surface area contributed by atoms with Crippen LogP contribution >= 0.6 is 0 Å². The summed E-state index contributed by atoms with van der Waals surface area (Å²) in [7, 11) is 0. The molecule has 2 heterocycles. The van der Waals surface area contributed by atoms with Crippen molar-refractivity contribution in [2.24, 2.45) is 0 Å². The van der Waals surface area contributed by atoms with Gasteiger partial charge in [0.25, 0.3) is 11.4 Å². The molecule has 0 aliphatic carbocycles. The van der Waals surface area contributed by atoms with Gasteiger partial charge in [-0.1, -0.05) is 24.3 Å². The van der Waals surface area contributed by atoms with Crippen molar-refractivity contribution in [1.29, 1.82) is 0 Å². The molecule has 8 nitrogen and oxygen atoms in total. The summed E-state index contributed by atoms with van der Waals surface area (Å²) in [5, 5.41) is 21.3. The maximum atomic E-state index is 10.6. The zero-order valence-electron chi connectivity index (χ0n) is 12.2. The lowest BCUT2D eigenvalue weighted by Crippen LogP contribution is -1.91. The number of hydrogen-bond donors (Lipinski definition) is 0. The van der Waals surface area contributed by atoms with Crippen LogP contribution < -0.4 is 0 Å². The molecule has 3 aromatic rings. The Morgan fingerprint density at radius 1 is 0.625 bits per heavy atom. The van der Waals surface area contributed by atoms with E-state index in [1.54, 1.807) is 12.1 Å². The number of rotatable bonds is 4. The lowest BCUT2D eigenvalue weighted by atomic mass is 10.1. The standard InChI is InChI=1S/C16H10N4O4/c21-19(22)13-5-7-15(17-9-13)11-1-2-12(4-3-11)16-8-6-14(10-18-16)20(23)24/h1-10H. The fraction of sp³-hybridized carbons (Fsp3) is 0. The SMILES string of the molecule is O=[N+]([O-])c1ccc(-c2ccc(-c3ccc([N+](=O)[O-])cn3)cc2)nc1.